The third kappa shape index (κ3) is 4.04. The zero-order valence-corrected chi connectivity index (χ0v) is 9.78. The molecule has 0 aliphatic rings. The largest absolute Gasteiger partial charge is 0.530 e. The Hall–Kier alpha value is -0.830. The van der Waals surface area contributed by atoms with Gasteiger partial charge in [0.15, 0.2) is 0 Å². The highest BCUT2D eigenvalue weighted by molar-refractivity contribution is 7.48. The highest BCUT2D eigenvalue weighted by atomic mass is 31.2. The number of hydrogen-bond donors (Lipinski definition) is 0. The molecule has 15 heavy (non-hydrogen) atoms. The first-order valence-corrected chi connectivity index (χ1v) is 6.30. The lowest BCUT2D eigenvalue weighted by Crippen LogP contribution is -2.02. The summed E-state index contributed by atoms with van der Waals surface area (Å²) in [5.74, 6) is 0.475. The summed E-state index contributed by atoms with van der Waals surface area (Å²) >= 11 is 0. The molecule has 1 rings (SSSR count). The van der Waals surface area contributed by atoms with Crippen molar-refractivity contribution in [1.29, 1.82) is 0 Å². The van der Waals surface area contributed by atoms with Crippen molar-refractivity contribution in [3.63, 3.8) is 0 Å². The molecule has 0 N–H and O–H groups in total. The van der Waals surface area contributed by atoms with Gasteiger partial charge in [-0.25, -0.2) is 4.57 Å². The first-order chi connectivity index (χ1) is 7.20. The lowest BCUT2D eigenvalue weighted by molar-refractivity contribution is 0.167. The van der Waals surface area contributed by atoms with Crippen molar-refractivity contribution < 1.29 is 18.1 Å². The molecule has 5 heteroatoms. The molecule has 84 valence electrons. The number of phosphoric ester groups is 1. The van der Waals surface area contributed by atoms with Gasteiger partial charge in [-0.1, -0.05) is 18.2 Å². The predicted octanol–water partition coefficient (Wildman–Crippen LogP) is 3.25. The molecule has 0 aliphatic carbocycles. The molecule has 0 atom stereocenters. The monoisotopic (exact) mass is 230 g/mol. The fourth-order valence-corrected chi connectivity index (χ4v) is 2.21. The van der Waals surface area contributed by atoms with E-state index in [1.54, 1.807) is 38.1 Å². The van der Waals surface area contributed by atoms with E-state index >= 15 is 0 Å². The van der Waals surface area contributed by atoms with Crippen LogP contribution in [0.5, 0.6) is 5.75 Å². The smallest absolute Gasteiger partial charge is 0.404 e. The van der Waals surface area contributed by atoms with E-state index in [9.17, 15) is 4.57 Å². The van der Waals surface area contributed by atoms with Gasteiger partial charge in [0, 0.05) is 0 Å². The fourth-order valence-electron chi connectivity index (χ4n) is 1.02. The number of hydrogen-bond acceptors (Lipinski definition) is 4. The van der Waals surface area contributed by atoms with Crippen molar-refractivity contribution in [3.05, 3.63) is 30.3 Å². The van der Waals surface area contributed by atoms with Gasteiger partial charge in [-0.05, 0) is 26.0 Å². The molecule has 0 fully saturated rings. The highest BCUT2D eigenvalue weighted by Crippen LogP contribution is 2.49. The molecule has 0 saturated carbocycles. The Labute approximate surface area is 89.8 Å². The zero-order valence-electron chi connectivity index (χ0n) is 8.88. The Balaban J connectivity index is 2.71. The minimum Gasteiger partial charge on any atom is -0.404 e. The van der Waals surface area contributed by atoms with Crippen LogP contribution in [-0.4, -0.2) is 13.2 Å². The van der Waals surface area contributed by atoms with E-state index in [2.05, 4.69) is 0 Å². The first kappa shape index (κ1) is 12.2. The van der Waals surface area contributed by atoms with Gasteiger partial charge >= 0.3 is 7.82 Å². The van der Waals surface area contributed by atoms with Gasteiger partial charge in [-0.2, -0.15) is 0 Å². The van der Waals surface area contributed by atoms with Crippen molar-refractivity contribution >= 4 is 7.82 Å². The van der Waals surface area contributed by atoms with Crippen LogP contribution in [0, 0.1) is 0 Å². The topological polar surface area (TPSA) is 44.8 Å². The van der Waals surface area contributed by atoms with Gasteiger partial charge in [-0.15, -0.1) is 0 Å². The van der Waals surface area contributed by atoms with Gasteiger partial charge in [0.25, 0.3) is 0 Å². The molecule has 1 aromatic rings. The van der Waals surface area contributed by atoms with E-state index < -0.39 is 7.82 Å². The molecule has 0 heterocycles. The summed E-state index contributed by atoms with van der Waals surface area (Å²) in [7, 11) is -3.44. The van der Waals surface area contributed by atoms with Crippen molar-refractivity contribution in [2.24, 2.45) is 0 Å². The second-order valence-corrected chi connectivity index (χ2v) is 4.28. The third-order valence-corrected chi connectivity index (χ3v) is 3.12. The Kier molecular flexibility index (Phi) is 4.82. The summed E-state index contributed by atoms with van der Waals surface area (Å²) in [6, 6.07) is 8.82. The summed E-state index contributed by atoms with van der Waals surface area (Å²) in [5.41, 5.74) is 0. The number of rotatable bonds is 6. The van der Waals surface area contributed by atoms with Crippen molar-refractivity contribution in [3.8, 4) is 5.75 Å². The lowest BCUT2D eigenvalue weighted by atomic mass is 10.3. The summed E-state index contributed by atoms with van der Waals surface area (Å²) in [6.45, 7) is 4.04. The Morgan fingerprint density at radius 1 is 1.07 bits per heavy atom. The number of benzene rings is 1. The molecule has 0 aliphatic heterocycles. The van der Waals surface area contributed by atoms with Crippen LogP contribution < -0.4 is 4.52 Å². The molecule has 0 amide bonds. The average molecular weight is 230 g/mol. The van der Waals surface area contributed by atoms with E-state index in [1.165, 1.54) is 0 Å². The summed E-state index contributed by atoms with van der Waals surface area (Å²) in [4.78, 5) is 0. The summed E-state index contributed by atoms with van der Waals surface area (Å²) in [6.07, 6.45) is 0. The Morgan fingerprint density at radius 2 is 1.60 bits per heavy atom. The lowest BCUT2D eigenvalue weighted by Gasteiger charge is -2.16. The van der Waals surface area contributed by atoms with Crippen LogP contribution in [0.25, 0.3) is 0 Å². The molecular weight excluding hydrogens is 215 g/mol. The van der Waals surface area contributed by atoms with Crippen LogP contribution in [0.2, 0.25) is 0 Å². The van der Waals surface area contributed by atoms with Gasteiger partial charge in [0.05, 0.1) is 13.2 Å². The van der Waals surface area contributed by atoms with Gasteiger partial charge in [0.2, 0.25) is 0 Å². The van der Waals surface area contributed by atoms with Gasteiger partial charge in [0.1, 0.15) is 5.75 Å². The van der Waals surface area contributed by atoms with Crippen LogP contribution in [0.4, 0.5) is 0 Å². The molecule has 4 nitrogen and oxygen atoms in total. The minimum atomic E-state index is -3.44. The van der Waals surface area contributed by atoms with E-state index in [0.717, 1.165) is 0 Å². The quantitative estimate of drug-likeness (QED) is 0.703. The minimum absolute atomic E-state index is 0.282. The zero-order chi connectivity index (χ0) is 11.1. The summed E-state index contributed by atoms with van der Waals surface area (Å²) in [5, 5.41) is 0. The SMILES string of the molecule is CCOP(=O)(OCC)Oc1ccccc1. The maximum Gasteiger partial charge on any atom is 0.530 e. The van der Waals surface area contributed by atoms with E-state index in [1.807, 2.05) is 6.07 Å². The molecule has 0 saturated heterocycles. The second kappa shape index (κ2) is 5.91. The molecule has 0 bridgehead atoms. The Bertz CT molecular complexity index is 315. The number of para-hydroxylation sites is 1. The van der Waals surface area contributed by atoms with Crippen LogP contribution in [0.1, 0.15) is 13.8 Å². The maximum atomic E-state index is 11.9. The molecule has 0 radical (unpaired) electrons. The normalized spacial score (nSPS) is 11.3. The molecular formula is C10H15O4P. The molecule has 1 aromatic carbocycles. The fraction of sp³-hybridized carbons (Fsp3) is 0.400. The van der Waals surface area contributed by atoms with Crippen molar-refractivity contribution in [2.75, 3.05) is 13.2 Å². The van der Waals surface area contributed by atoms with Gasteiger partial charge < -0.3 is 4.52 Å². The van der Waals surface area contributed by atoms with E-state index in [0.29, 0.717) is 5.75 Å². The Morgan fingerprint density at radius 3 is 2.07 bits per heavy atom. The van der Waals surface area contributed by atoms with Crippen LogP contribution in [-0.2, 0) is 13.6 Å². The predicted molar refractivity (Wildman–Crippen MR) is 57.9 cm³/mol. The highest BCUT2D eigenvalue weighted by Gasteiger charge is 2.26. The van der Waals surface area contributed by atoms with Crippen LogP contribution in [0.15, 0.2) is 30.3 Å². The van der Waals surface area contributed by atoms with E-state index in [-0.39, 0.29) is 13.2 Å². The molecule has 0 aromatic heterocycles. The van der Waals surface area contributed by atoms with Gasteiger partial charge in [-0.3, -0.25) is 9.05 Å². The maximum absolute atomic E-state index is 11.9. The van der Waals surface area contributed by atoms with E-state index in [4.69, 9.17) is 13.6 Å². The molecule has 0 unspecified atom stereocenters. The average Bonchev–Trinajstić information content (AvgIpc) is 2.19. The standard InChI is InChI=1S/C10H15O4P/c1-3-12-15(11,13-4-2)14-10-8-6-5-7-9-10/h5-9H,3-4H2,1-2H3. The second-order valence-electron chi connectivity index (χ2n) is 2.69. The number of phosphoric acid groups is 1. The van der Waals surface area contributed by atoms with Crippen molar-refractivity contribution in [1.82, 2.24) is 0 Å². The third-order valence-electron chi connectivity index (χ3n) is 1.53. The van der Waals surface area contributed by atoms with Crippen molar-refractivity contribution in [2.45, 2.75) is 13.8 Å². The first-order valence-electron chi connectivity index (χ1n) is 4.84. The van der Waals surface area contributed by atoms with Crippen LogP contribution >= 0.6 is 7.82 Å². The molecule has 0 spiro atoms. The van der Waals surface area contributed by atoms with Crippen LogP contribution in [0.3, 0.4) is 0 Å². The summed E-state index contributed by atoms with van der Waals surface area (Å²) < 4.78 is 27.1.